The van der Waals surface area contributed by atoms with E-state index in [1.807, 2.05) is 19.0 Å². The smallest absolute Gasteiger partial charge is 0.222 e. The van der Waals surface area contributed by atoms with Gasteiger partial charge in [-0.2, -0.15) is 0 Å². The van der Waals surface area contributed by atoms with Gasteiger partial charge in [-0.25, -0.2) is 0 Å². The van der Waals surface area contributed by atoms with Crippen LogP contribution in [-0.2, 0) is 4.79 Å². The third-order valence-electron chi connectivity index (χ3n) is 3.25. The quantitative estimate of drug-likeness (QED) is 0.679. The Labute approximate surface area is 93.2 Å². The maximum absolute atomic E-state index is 11.7. The second-order valence-electron chi connectivity index (χ2n) is 4.63. The number of hydrogen-bond acceptors (Lipinski definition) is 2. The molecule has 0 bridgehead atoms. The summed E-state index contributed by atoms with van der Waals surface area (Å²) in [4.78, 5) is 13.6. The normalized spacial score (nSPS) is 16.9. The van der Waals surface area contributed by atoms with Crippen LogP contribution < -0.4 is 5.32 Å². The number of nitrogens with one attached hydrogen (secondary N) is 1. The van der Waals surface area contributed by atoms with Gasteiger partial charge in [0.2, 0.25) is 5.91 Å². The van der Waals surface area contributed by atoms with Crippen LogP contribution in [0.2, 0.25) is 0 Å². The van der Waals surface area contributed by atoms with Crippen molar-refractivity contribution >= 4 is 5.91 Å². The van der Waals surface area contributed by atoms with Gasteiger partial charge in [0.25, 0.3) is 0 Å². The molecule has 15 heavy (non-hydrogen) atoms. The molecular weight excluding hydrogens is 188 g/mol. The van der Waals surface area contributed by atoms with Crippen molar-refractivity contribution in [2.75, 3.05) is 27.2 Å². The number of carbonyl (C=O) groups excluding carboxylic acids is 1. The molecule has 3 heteroatoms. The minimum Gasteiger partial charge on any atom is -0.345 e. The fourth-order valence-corrected chi connectivity index (χ4v) is 2.29. The molecule has 1 rings (SSSR count). The van der Waals surface area contributed by atoms with Crippen molar-refractivity contribution < 1.29 is 4.79 Å². The van der Waals surface area contributed by atoms with E-state index in [0.717, 1.165) is 25.4 Å². The zero-order chi connectivity index (χ0) is 11.1. The standard InChI is InChI=1S/C12H24N2O/c1-13-9-5-8-12(15)14(2)10-11-6-3-4-7-11/h11,13H,3-10H2,1-2H3. The summed E-state index contributed by atoms with van der Waals surface area (Å²) in [5, 5.41) is 3.06. The Kier molecular flexibility index (Phi) is 5.69. The average molecular weight is 212 g/mol. The van der Waals surface area contributed by atoms with Crippen LogP contribution in [0.15, 0.2) is 0 Å². The van der Waals surface area contributed by atoms with Crippen LogP contribution in [0, 0.1) is 5.92 Å². The maximum atomic E-state index is 11.7. The van der Waals surface area contributed by atoms with Crippen LogP contribution in [0.3, 0.4) is 0 Å². The van der Waals surface area contributed by atoms with Gasteiger partial charge < -0.3 is 10.2 Å². The van der Waals surface area contributed by atoms with Gasteiger partial charge in [0, 0.05) is 20.0 Å². The molecule has 0 saturated heterocycles. The molecule has 0 aromatic rings. The Morgan fingerprint density at radius 2 is 2.07 bits per heavy atom. The van der Waals surface area contributed by atoms with Crippen molar-refractivity contribution in [2.24, 2.45) is 5.92 Å². The highest BCUT2D eigenvalue weighted by Crippen LogP contribution is 2.25. The van der Waals surface area contributed by atoms with E-state index in [9.17, 15) is 4.79 Å². The molecule has 3 nitrogen and oxygen atoms in total. The number of hydrogen-bond donors (Lipinski definition) is 1. The van der Waals surface area contributed by atoms with Crippen LogP contribution in [0.1, 0.15) is 38.5 Å². The predicted molar refractivity (Wildman–Crippen MR) is 62.8 cm³/mol. The molecule has 0 aliphatic heterocycles. The number of rotatable bonds is 6. The average Bonchev–Trinajstić information content (AvgIpc) is 2.70. The van der Waals surface area contributed by atoms with Crippen molar-refractivity contribution in [2.45, 2.75) is 38.5 Å². The van der Waals surface area contributed by atoms with E-state index < -0.39 is 0 Å². The molecule has 1 fully saturated rings. The van der Waals surface area contributed by atoms with Gasteiger partial charge in [0.15, 0.2) is 0 Å². The zero-order valence-electron chi connectivity index (χ0n) is 10.1. The molecule has 0 heterocycles. The molecule has 0 aromatic carbocycles. The Balaban J connectivity index is 2.14. The number of nitrogens with zero attached hydrogens (tertiary/aromatic N) is 1. The first kappa shape index (κ1) is 12.5. The van der Waals surface area contributed by atoms with E-state index in [4.69, 9.17) is 0 Å². The molecule has 0 unspecified atom stereocenters. The largest absolute Gasteiger partial charge is 0.345 e. The first-order valence-electron chi connectivity index (χ1n) is 6.12. The van der Waals surface area contributed by atoms with E-state index in [1.165, 1.54) is 25.7 Å². The van der Waals surface area contributed by atoms with Crippen LogP contribution in [-0.4, -0.2) is 38.0 Å². The van der Waals surface area contributed by atoms with Crippen molar-refractivity contribution in [3.05, 3.63) is 0 Å². The summed E-state index contributed by atoms with van der Waals surface area (Å²) >= 11 is 0. The summed E-state index contributed by atoms with van der Waals surface area (Å²) in [7, 11) is 3.87. The van der Waals surface area contributed by atoms with Gasteiger partial charge >= 0.3 is 0 Å². The summed E-state index contributed by atoms with van der Waals surface area (Å²) in [5.74, 6) is 1.07. The molecule has 0 aromatic heterocycles. The van der Waals surface area contributed by atoms with Gasteiger partial charge in [0.05, 0.1) is 0 Å². The molecule has 1 amide bonds. The van der Waals surface area contributed by atoms with E-state index in [2.05, 4.69) is 5.32 Å². The van der Waals surface area contributed by atoms with Crippen molar-refractivity contribution in [1.29, 1.82) is 0 Å². The summed E-state index contributed by atoms with van der Waals surface area (Å²) in [6.45, 7) is 1.90. The topological polar surface area (TPSA) is 32.3 Å². The van der Waals surface area contributed by atoms with E-state index in [0.29, 0.717) is 12.3 Å². The SMILES string of the molecule is CNCCCC(=O)N(C)CC1CCCC1. The number of carbonyl (C=O) groups is 1. The molecule has 88 valence electrons. The molecule has 1 aliphatic rings. The van der Waals surface area contributed by atoms with Gasteiger partial charge in [-0.05, 0) is 38.8 Å². The van der Waals surface area contributed by atoms with Gasteiger partial charge in [-0.15, -0.1) is 0 Å². The van der Waals surface area contributed by atoms with Crippen molar-refractivity contribution in [3.63, 3.8) is 0 Å². The lowest BCUT2D eigenvalue weighted by Gasteiger charge is -2.21. The first-order chi connectivity index (χ1) is 7.24. The zero-order valence-corrected chi connectivity index (χ0v) is 10.1. The summed E-state index contributed by atoms with van der Waals surface area (Å²) < 4.78 is 0. The third kappa shape index (κ3) is 4.65. The van der Waals surface area contributed by atoms with Crippen LogP contribution in [0.25, 0.3) is 0 Å². The predicted octanol–water partition coefficient (Wildman–Crippen LogP) is 1.63. The van der Waals surface area contributed by atoms with E-state index >= 15 is 0 Å². The Morgan fingerprint density at radius 3 is 2.67 bits per heavy atom. The highest BCUT2D eigenvalue weighted by atomic mass is 16.2. The minimum atomic E-state index is 0.303. The van der Waals surface area contributed by atoms with Gasteiger partial charge in [0.1, 0.15) is 0 Å². The Bertz CT molecular complexity index is 188. The molecular formula is C12H24N2O. The lowest BCUT2D eigenvalue weighted by molar-refractivity contribution is -0.130. The highest BCUT2D eigenvalue weighted by molar-refractivity contribution is 5.75. The first-order valence-corrected chi connectivity index (χ1v) is 6.12. The second kappa shape index (κ2) is 6.83. The van der Waals surface area contributed by atoms with E-state index in [-0.39, 0.29) is 0 Å². The minimum absolute atomic E-state index is 0.303. The van der Waals surface area contributed by atoms with Gasteiger partial charge in [-0.1, -0.05) is 12.8 Å². The third-order valence-corrected chi connectivity index (χ3v) is 3.25. The molecule has 1 saturated carbocycles. The van der Waals surface area contributed by atoms with Crippen LogP contribution in [0.5, 0.6) is 0 Å². The molecule has 1 aliphatic carbocycles. The lowest BCUT2D eigenvalue weighted by Crippen LogP contribution is -2.31. The second-order valence-corrected chi connectivity index (χ2v) is 4.63. The fourth-order valence-electron chi connectivity index (χ4n) is 2.29. The van der Waals surface area contributed by atoms with Crippen LogP contribution in [0.4, 0.5) is 0 Å². The summed E-state index contributed by atoms with van der Waals surface area (Å²) in [5.41, 5.74) is 0. The summed E-state index contributed by atoms with van der Waals surface area (Å²) in [6.07, 6.45) is 6.97. The Hall–Kier alpha value is -0.570. The fraction of sp³-hybridized carbons (Fsp3) is 0.917. The van der Waals surface area contributed by atoms with Crippen LogP contribution >= 0.6 is 0 Å². The molecule has 0 spiro atoms. The van der Waals surface area contributed by atoms with E-state index in [1.54, 1.807) is 0 Å². The Morgan fingerprint density at radius 1 is 1.40 bits per heavy atom. The molecule has 0 atom stereocenters. The molecule has 1 N–H and O–H groups in total. The summed E-state index contributed by atoms with van der Waals surface area (Å²) in [6, 6.07) is 0. The monoisotopic (exact) mass is 212 g/mol. The van der Waals surface area contributed by atoms with Gasteiger partial charge in [-0.3, -0.25) is 4.79 Å². The van der Waals surface area contributed by atoms with Crippen molar-refractivity contribution in [1.82, 2.24) is 10.2 Å². The maximum Gasteiger partial charge on any atom is 0.222 e. The molecule has 0 radical (unpaired) electrons. The lowest BCUT2D eigenvalue weighted by atomic mass is 10.1. The van der Waals surface area contributed by atoms with Crippen molar-refractivity contribution in [3.8, 4) is 0 Å². The number of amides is 1. The highest BCUT2D eigenvalue weighted by Gasteiger charge is 2.18.